The molecule has 4 rings (SSSR count). The fraction of sp³-hybridized carbons (Fsp3) is 0.450. The quantitative estimate of drug-likeness (QED) is 0.792. The molecule has 3 heterocycles. The van der Waals surface area contributed by atoms with E-state index in [1.165, 1.54) is 16.8 Å². The molecule has 2 aromatic rings. The van der Waals surface area contributed by atoms with Crippen LogP contribution >= 0.6 is 11.3 Å². The van der Waals surface area contributed by atoms with E-state index in [-0.39, 0.29) is 30.4 Å². The molecular formula is C20H22N4O5S. The number of ether oxygens (including phenoxy) is 2. The van der Waals surface area contributed by atoms with E-state index in [1.54, 1.807) is 37.1 Å². The average molecular weight is 430 g/mol. The van der Waals surface area contributed by atoms with Crippen molar-refractivity contribution in [2.24, 2.45) is 0 Å². The number of methoxy groups -OCH3 is 1. The van der Waals surface area contributed by atoms with Crippen LogP contribution in [0.2, 0.25) is 0 Å². The van der Waals surface area contributed by atoms with Gasteiger partial charge in [-0.2, -0.15) is 0 Å². The third-order valence-corrected chi connectivity index (χ3v) is 6.27. The van der Waals surface area contributed by atoms with Crippen LogP contribution < -0.4 is 14.8 Å². The molecule has 9 nitrogen and oxygen atoms in total. The molecule has 1 spiro atoms. The van der Waals surface area contributed by atoms with Crippen molar-refractivity contribution >= 4 is 34.1 Å². The van der Waals surface area contributed by atoms with Crippen LogP contribution in [0.15, 0.2) is 23.7 Å². The summed E-state index contributed by atoms with van der Waals surface area (Å²) < 4.78 is 11.5. The number of fused-ring (bicyclic) bond motifs is 1. The molecule has 30 heavy (non-hydrogen) atoms. The maximum absolute atomic E-state index is 12.8. The predicted octanol–water partition coefficient (Wildman–Crippen LogP) is 2.29. The number of Topliss-reactive ketones (excluding diaryl/α,β-unsaturated/α-hetero) is 1. The van der Waals surface area contributed by atoms with E-state index in [9.17, 15) is 14.4 Å². The summed E-state index contributed by atoms with van der Waals surface area (Å²) in [6, 6.07) is 4.46. The maximum Gasteiger partial charge on any atom is 0.248 e. The molecule has 2 amide bonds. The van der Waals surface area contributed by atoms with Gasteiger partial charge in [-0.15, -0.1) is 10.2 Å². The van der Waals surface area contributed by atoms with Gasteiger partial charge in [-0.05, 0) is 25.5 Å². The fourth-order valence-electron chi connectivity index (χ4n) is 3.92. The van der Waals surface area contributed by atoms with Crippen LogP contribution in [0.5, 0.6) is 11.5 Å². The summed E-state index contributed by atoms with van der Waals surface area (Å²) in [7, 11) is 1.55. The molecule has 1 N–H and O–H groups in total. The Morgan fingerprint density at radius 3 is 2.93 bits per heavy atom. The third kappa shape index (κ3) is 3.87. The van der Waals surface area contributed by atoms with E-state index < -0.39 is 11.6 Å². The Morgan fingerprint density at radius 1 is 1.37 bits per heavy atom. The minimum Gasteiger partial charge on any atom is -0.497 e. The SMILES string of the molecule is COc1ccc2c(c1)O[C@@]1(CCC(=O)N([C@H](C)C(=O)Nc3nncs3)CC1)CC2=O. The molecule has 0 unspecified atom stereocenters. The number of aromatic nitrogens is 2. The second kappa shape index (κ2) is 8.02. The molecule has 10 heteroatoms. The number of nitrogens with zero attached hydrogens (tertiary/aromatic N) is 3. The van der Waals surface area contributed by atoms with Gasteiger partial charge >= 0.3 is 0 Å². The number of carbonyl (C=O) groups excluding carboxylic acids is 3. The first-order chi connectivity index (χ1) is 14.4. The zero-order chi connectivity index (χ0) is 21.3. The monoisotopic (exact) mass is 430 g/mol. The number of hydrogen-bond donors (Lipinski definition) is 1. The Kier molecular flexibility index (Phi) is 5.42. The Bertz CT molecular complexity index is 980. The lowest BCUT2D eigenvalue weighted by Gasteiger charge is -2.37. The van der Waals surface area contributed by atoms with Crippen LogP contribution in [0, 0.1) is 0 Å². The molecule has 2 aliphatic heterocycles. The van der Waals surface area contributed by atoms with Gasteiger partial charge in [0, 0.05) is 25.5 Å². The van der Waals surface area contributed by atoms with Crippen molar-refractivity contribution in [3.8, 4) is 11.5 Å². The van der Waals surface area contributed by atoms with Gasteiger partial charge in [-0.1, -0.05) is 11.3 Å². The van der Waals surface area contributed by atoms with Crippen molar-refractivity contribution in [2.45, 2.75) is 44.2 Å². The van der Waals surface area contributed by atoms with E-state index in [4.69, 9.17) is 9.47 Å². The zero-order valence-corrected chi connectivity index (χ0v) is 17.5. The lowest BCUT2D eigenvalue weighted by Crippen LogP contribution is -2.46. The minimum absolute atomic E-state index is 0.0122. The molecule has 1 fully saturated rings. The topological polar surface area (TPSA) is 111 Å². The number of hydrogen-bond acceptors (Lipinski definition) is 8. The first kappa shape index (κ1) is 20.3. The summed E-state index contributed by atoms with van der Waals surface area (Å²) in [5.41, 5.74) is 1.28. The molecule has 0 radical (unpaired) electrons. The van der Waals surface area contributed by atoms with Gasteiger partial charge in [0.15, 0.2) is 5.78 Å². The van der Waals surface area contributed by atoms with E-state index in [0.717, 1.165) is 0 Å². The van der Waals surface area contributed by atoms with Crippen LogP contribution in [0.25, 0.3) is 0 Å². The first-order valence-electron chi connectivity index (χ1n) is 9.67. The summed E-state index contributed by atoms with van der Waals surface area (Å²) in [6.45, 7) is 2.00. The second-order valence-electron chi connectivity index (χ2n) is 7.49. The molecule has 2 aliphatic rings. The fourth-order valence-corrected chi connectivity index (χ4v) is 4.37. The number of benzene rings is 1. The highest BCUT2D eigenvalue weighted by molar-refractivity contribution is 7.13. The van der Waals surface area contributed by atoms with E-state index in [2.05, 4.69) is 15.5 Å². The third-order valence-electron chi connectivity index (χ3n) is 5.66. The molecule has 0 aliphatic carbocycles. The Hall–Kier alpha value is -3.01. The van der Waals surface area contributed by atoms with Crippen molar-refractivity contribution in [2.75, 3.05) is 19.0 Å². The number of ketones is 1. The summed E-state index contributed by atoms with van der Waals surface area (Å²) in [4.78, 5) is 39.6. The van der Waals surface area contributed by atoms with Crippen molar-refractivity contribution in [3.05, 3.63) is 29.3 Å². The van der Waals surface area contributed by atoms with Crippen molar-refractivity contribution in [3.63, 3.8) is 0 Å². The van der Waals surface area contributed by atoms with Gasteiger partial charge in [0.25, 0.3) is 0 Å². The number of anilines is 1. The lowest BCUT2D eigenvalue weighted by molar-refractivity contribution is -0.137. The van der Waals surface area contributed by atoms with Crippen LogP contribution in [0.4, 0.5) is 5.13 Å². The van der Waals surface area contributed by atoms with Gasteiger partial charge < -0.3 is 14.4 Å². The van der Waals surface area contributed by atoms with Gasteiger partial charge in [0.05, 0.1) is 19.1 Å². The molecule has 0 saturated carbocycles. The summed E-state index contributed by atoms with van der Waals surface area (Å²) in [6.07, 6.45) is 1.27. The van der Waals surface area contributed by atoms with Crippen LogP contribution in [-0.4, -0.2) is 58.0 Å². The van der Waals surface area contributed by atoms with Gasteiger partial charge in [-0.3, -0.25) is 19.7 Å². The van der Waals surface area contributed by atoms with E-state index in [1.807, 2.05) is 0 Å². The standard InChI is InChI=1S/C20H22N4O5S/c1-12(18(27)22-19-23-21-11-30-19)24-8-7-20(6-5-17(24)26)10-15(25)14-4-3-13(28-2)9-16(14)29-20/h3-4,9,11-12H,5-8,10H2,1-2H3,(H,22,23,27)/t12-,20-/m1/s1. The smallest absolute Gasteiger partial charge is 0.248 e. The molecule has 1 saturated heterocycles. The van der Waals surface area contributed by atoms with E-state index in [0.29, 0.717) is 41.6 Å². The molecular weight excluding hydrogens is 408 g/mol. The number of nitrogens with one attached hydrogen (secondary N) is 1. The Morgan fingerprint density at radius 2 is 2.20 bits per heavy atom. The molecule has 1 aromatic carbocycles. The van der Waals surface area contributed by atoms with Crippen molar-refractivity contribution in [1.82, 2.24) is 15.1 Å². The second-order valence-corrected chi connectivity index (χ2v) is 8.33. The largest absolute Gasteiger partial charge is 0.497 e. The minimum atomic E-state index is -0.768. The molecule has 0 bridgehead atoms. The maximum atomic E-state index is 12.8. The zero-order valence-electron chi connectivity index (χ0n) is 16.7. The highest BCUT2D eigenvalue weighted by Gasteiger charge is 2.44. The van der Waals surface area contributed by atoms with Gasteiger partial charge in [-0.25, -0.2) is 0 Å². The Balaban J connectivity index is 1.50. The van der Waals surface area contributed by atoms with Crippen molar-refractivity contribution in [1.29, 1.82) is 0 Å². The Labute approximate surface area is 177 Å². The van der Waals surface area contributed by atoms with Crippen LogP contribution in [0.3, 0.4) is 0 Å². The molecule has 158 valence electrons. The van der Waals surface area contributed by atoms with E-state index >= 15 is 0 Å². The molecule has 1 aromatic heterocycles. The normalized spacial score (nSPS) is 22.1. The number of rotatable bonds is 4. The lowest BCUT2D eigenvalue weighted by atomic mass is 9.84. The summed E-state index contributed by atoms with van der Waals surface area (Å²) in [5, 5.41) is 10.5. The number of likely N-dealkylation sites (tertiary alicyclic amines) is 1. The summed E-state index contributed by atoms with van der Waals surface area (Å²) in [5.74, 6) is 0.605. The predicted molar refractivity (Wildman–Crippen MR) is 109 cm³/mol. The van der Waals surface area contributed by atoms with Gasteiger partial charge in [0.2, 0.25) is 16.9 Å². The molecule has 2 atom stereocenters. The van der Waals surface area contributed by atoms with Crippen LogP contribution in [0.1, 0.15) is 43.0 Å². The van der Waals surface area contributed by atoms with Crippen molar-refractivity contribution < 1.29 is 23.9 Å². The first-order valence-corrected chi connectivity index (χ1v) is 10.6. The highest BCUT2D eigenvalue weighted by Crippen LogP contribution is 2.41. The number of carbonyl (C=O) groups is 3. The summed E-state index contributed by atoms with van der Waals surface area (Å²) >= 11 is 1.21. The van der Waals surface area contributed by atoms with Crippen LogP contribution in [-0.2, 0) is 9.59 Å². The number of amides is 2. The highest BCUT2D eigenvalue weighted by atomic mass is 32.1. The van der Waals surface area contributed by atoms with Gasteiger partial charge in [0.1, 0.15) is 28.7 Å². The average Bonchev–Trinajstić information content (AvgIpc) is 3.19.